The first-order valence-corrected chi connectivity index (χ1v) is 5.64. The summed E-state index contributed by atoms with van der Waals surface area (Å²) >= 11 is 0. The van der Waals surface area contributed by atoms with Crippen LogP contribution in [0, 0.1) is 5.92 Å². The fraction of sp³-hybridized carbons (Fsp3) is 0.818. The molecule has 0 bridgehead atoms. The van der Waals surface area contributed by atoms with Gasteiger partial charge in [-0.25, -0.2) is 0 Å². The number of halogens is 3. The van der Waals surface area contributed by atoms with Crippen LogP contribution < -0.4 is 5.32 Å². The van der Waals surface area contributed by atoms with Gasteiger partial charge in [0, 0.05) is 6.04 Å². The molecule has 0 aromatic carbocycles. The van der Waals surface area contributed by atoms with Crippen LogP contribution in [0.1, 0.15) is 39.0 Å². The molecule has 1 fully saturated rings. The van der Waals surface area contributed by atoms with Gasteiger partial charge in [-0.1, -0.05) is 0 Å². The first-order valence-electron chi connectivity index (χ1n) is 5.64. The molecule has 0 spiro atoms. The van der Waals surface area contributed by atoms with Crippen molar-refractivity contribution in [2.45, 2.75) is 51.2 Å². The fourth-order valence-corrected chi connectivity index (χ4v) is 2.07. The van der Waals surface area contributed by atoms with E-state index >= 15 is 0 Å². The third-order valence-corrected chi connectivity index (χ3v) is 2.96. The molecule has 0 atom stereocenters. The average Bonchev–Trinajstić information content (AvgIpc) is 2.15. The van der Waals surface area contributed by atoms with E-state index in [4.69, 9.17) is 0 Å². The van der Waals surface area contributed by atoms with Gasteiger partial charge in [-0.3, -0.25) is 9.59 Å². The van der Waals surface area contributed by atoms with Gasteiger partial charge >= 0.3 is 6.18 Å². The highest BCUT2D eigenvalue weighted by molar-refractivity contribution is 5.96. The molecule has 1 amide bonds. The SMILES string of the molecule is CC(=O)CC(=O)NC1CCC(C(F)(F)F)CC1. The van der Waals surface area contributed by atoms with Gasteiger partial charge in [-0.2, -0.15) is 13.2 Å². The zero-order valence-corrected chi connectivity index (χ0v) is 9.64. The molecule has 0 aromatic heterocycles. The Morgan fingerprint density at radius 3 is 2.12 bits per heavy atom. The van der Waals surface area contributed by atoms with E-state index in [-0.39, 0.29) is 31.1 Å². The molecule has 1 aliphatic carbocycles. The lowest BCUT2D eigenvalue weighted by Gasteiger charge is -2.30. The summed E-state index contributed by atoms with van der Waals surface area (Å²) in [6.07, 6.45) is -3.57. The quantitative estimate of drug-likeness (QED) is 0.782. The number of Topliss-reactive ketones (excluding diaryl/α,β-unsaturated/α-hetero) is 1. The van der Waals surface area contributed by atoms with Crippen LogP contribution in [0.15, 0.2) is 0 Å². The number of nitrogens with one attached hydrogen (secondary N) is 1. The molecule has 1 N–H and O–H groups in total. The second-order valence-electron chi connectivity index (χ2n) is 4.54. The summed E-state index contributed by atoms with van der Waals surface area (Å²) in [4.78, 5) is 21.9. The van der Waals surface area contributed by atoms with Gasteiger partial charge in [0.15, 0.2) is 0 Å². The molecular weight excluding hydrogens is 235 g/mol. The van der Waals surface area contributed by atoms with Crippen molar-refractivity contribution in [2.24, 2.45) is 5.92 Å². The minimum Gasteiger partial charge on any atom is -0.353 e. The average molecular weight is 251 g/mol. The predicted octanol–water partition coefficient (Wildman–Crippen LogP) is 2.20. The monoisotopic (exact) mass is 251 g/mol. The van der Waals surface area contributed by atoms with Crippen molar-refractivity contribution in [1.29, 1.82) is 0 Å². The number of carbonyl (C=O) groups excluding carboxylic acids is 2. The molecule has 1 rings (SSSR count). The molecule has 0 aliphatic heterocycles. The predicted molar refractivity (Wildman–Crippen MR) is 55.2 cm³/mol. The maximum absolute atomic E-state index is 12.4. The van der Waals surface area contributed by atoms with Crippen molar-refractivity contribution in [2.75, 3.05) is 0 Å². The minimum absolute atomic E-state index is 0.0501. The summed E-state index contributed by atoms with van der Waals surface area (Å²) < 4.78 is 37.1. The van der Waals surface area contributed by atoms with E-state index in [1.165, 1.54) is 6.92 Å². The molecule has 0 heterocycles. The molecule has 1 saturated carbocycles. The van der Waals surface area contributed by atoms with E-state index in [2.05, 4.69) is 5.32 Å². The van der Waals surface area contributed by atoms with Gasteiger partial charge < -0.3 is 5.32 Å². The third kappa shape index (κ3) is 4.75. The maximum atomic E-state index is 12.4. The lowest BCUT2D eigenvalue weighted by molar-refractivity contribution is -0.182. The number of hydrogen-bond donors (Lipinski definition) is 1. The van der Waals surface area contributed by atoms with Crippen LogP contribution in [0.5, 0.6) is 0 Å². The summed E-state index contributed by atoms with van der Waals surface area (Å²) in [5.74, 6) is -1.89. The molecule has 6 heteroatoms. The summed E-state index contributed by atoms with van der Waals surface area (Å²) in [6.45, 7) is 1.31. The van der Waals surface area contributed by atoms with Crippen LogP contribution in [0.3, 0.4) is 0 Å². The summed E-state index contributed by atoms with van der Waals surface area (Å²) in [5, 5.41) is 2.60. The Labute approximate surface area is 97.8 Å². The standard InChI is InChI=1S/C11H16F3NO2/c1-7(16)6-10(17)15-9-4-2-8(3-5-9)11(12,13)14/h8-9H,2-6H2,1H3,(H,15,17). The lowest BCUT2D eigenvalue weighted by Crippen LogP contribution is -2.40. The zero-order chi connectivity index (χ0) is 13.1. The Bertz CT molecular complexity index is 294. The van der Waals surface area contributed by atoms with E-state index in [1.807, 2.05) is 0 Å². The molecule has 3 nitrogen and oxygen atoms in total. The summed E-state index contributed by atoms with van der Waals surface area (Å²) in [7, 11) is 0. The third-order valence-electron chi connectivity index (χ3n) is 2.96. The fourth-order valence-electron chi connectivity index (χ4n) is 2.07. The first kappa shape index (κ1) is 14.0. The van der Waals surface area contributed by atoms with Gasteiger partial charge in [0.1, 0.15) is 5.78 Å². The molecule has 0 aromatic rings. The Hall–Kier alpha value is -1.07. The van der Waals surface area contributed by atoms with Crippen molar-refractivity contribution in [3.63, 3.8) is 0 Å². The largest absolute Gasteiger partial charge is 0.391 e. The Kier molecular flexibility index (Phi) is 4.54. The lowest BCUT2D eigenvalue weighted by atomic mass is 9.85. The highest BCUT2D eigenvalue weighted by Gasteiger charge is 2.41. The smallest absolute Gasteiger partial charge is 0.353 e. The van der Waals surface area contributed by atoms with Crippen molar-refractivity contribution >= 4 is 11.7 Å². The topological polar surface area (TPSA) is 46.2 Å². The Morgan fingerprint density at radius 1 is 1.18 bits per heavy atom. The van der Waals surface area contributed by atoms with Crippen LogP contribution >= 0.6 is 0 Å². The molecule has 1 aliphatic rings. The van der Waals surface area contributed by atoms with Crippen molar-refractivity contribution in [3.8, 4) is 0 Å². The number of amides is 1. The van der Waals surface area contributed by atoms with Gasteiger partial charge in [0.25, 0.3) is 0 Å². The second-order valence-corrected chi connectivity index (χ2v) is 4.54. The van der Waals surface area contributed by atoms with E-state index in [0.29, 0.717) is 12.8 Å². The minimum atomic E-state index is -4.13. The van der Waals surface area contributed by atoms with Gasteiger partial charge in [-0.15, -0.1) is 0 Å². The van der Waals surface area contributed by atoms with E-state index in [9.17, 15) is 22.8 Å². The highest BCUT2D eigenvalue weighted by atomic mass is 19.4. The van der Waals surface area contributed by atoms with Crippen LogP contribution in [0.25, 0.3) is 0 Å². The Balaban J connectivity index is 2.33. The van der Waals surface area contributed by atoms with Crippen LogP contribution in [0.4, 0.5) is 13.2 Å². The molecule has 98 valence electrons. The molecule has 0 unspecified atom stereocenters. The van der Waals surface area contributed by atoms with Crippen LogP contribution in [-0.4, -0.2) is 23.9 Å². The maximum Gasteiger partial charge on any atom is 0.391 e. The van der Waals surface area contributed by atoms with Gasteiger partial charge in [-0.05, 0) is 32.6 Å². The van der Waals surface area contributed by atoms with Crippen LogP contribution in [0.2, 0.25) is 0 Å². The van der Waals surface area contributed by atoms with Gasteiger partial charge in [0.2, 0.25) is 5.91 Å². The number of ketones is 1. The van der Waals surface area contributed by atoms with Crippen molar-refractivity contribution in [3.05, 3.63) is 0 Å². The molecule has 0 saturated heterocycles. The zero-order valence-electron chi connectivity index (χ0n) is 9.64. The van der Waals surface area contributed by atoms with Crippen molar-refractivity contribution in [1.82, 2.24) is 5.32 Å². The van der Waals surface area contributed by atoms with Gasteiger partial charge in [0.05, 0.1) is 12.3 Å². The molecule has 17 heavy (non-hydrogen) atoms. The molecule has 0 radical (unpaired) electrons. The van der Waals surface area contributed by atoms with E-state index < -0.39 is 18.0 Å². The summed E-state index contributed by atoms with van der Waals surface area (Å²) in [5.41, 5.74) is 0. The number of carbonyl (C=O) groups is 2. The number of alkyl halides is 3. The van der Waals surface area contributed by atoms with E-state index in [0.717, 1.165) is 0 Å². The van der Waals surface area contributed by atoms with Crippen molar-refractivity contribution < 1.29 is 22.8 Å². The van der Waals surface area contributed by atoms with Crippen LogP contribution in [-0.2, 0) is 9.59 Å². The molecular formula is C11H16F3NO2. The van der Waals surface area contributed by atoms with E-state index in [1.54, 1.807) is 0 Å². The normalized spacial score (nSPS) is 25.4. The number of rotatable bonds is 3. The Morgan fingerprint density at radius 2 is 1.71 bits per heavy atom. The highest BCUT2D eigenvalue weighted by Crippen LogP contribution is 2.37. The summed E-state index contributed by atoms with van der Waals surface area (Å²) in [6, 6.07) is -0.222. The second kappa shape index (κ2) is 5.51. The first-order chi connectivity index (χ1) is 7.79. The number of hydrogen-bond acceptors (Lipinski definition) is 2.